The van der Waals surface area contributed by atoms with Gasteiger partial charge in [0.2, 0.25) is 5.91 Å². The van der Waals surface area contributed by atoms with Gasteiger partial charge in [-0.15, -0.1) is 0 Å². The van der Waals surface area contributed by atoms with E-state index in [9.17, 15) is 9.59 Å². The van der Waals surface area contributed by atoms with E-state index in [2.05, 4.69) is 5.32 Å². The van der Waals surface area contributed by atoms with Crippen molar-refractivity contribution in [1.29, 1.82) is 0 Å². The van der Waals surface area contributed by atoms with Gasteiger partial charge in [-0.1, -0.05) is 13.8 Å². The van der Waals surface area contributed by atoms with Crippen LogP contribution in [0.1, 0.15) is 34.1 Å². The highest BCUT2D eigenvalue weighted by Gasteiger charge is 2.43. The molecule has 0 saturated carbocycles. The van der Waals surface area contributed by atoms with Crippen LogP contribution in [0.5, 0.6) is 0 Å². The first kappa shape index (κ1) is 11.0. The van der Waals surface area contributed by atoms with Crippen LogP contribution in [0.4, 0.5) is 0 Å². The van der Waals surface area contributed by atoms with Crippen molar-refractivity contribution >= 4 is 11.7 Å². The Morgan fingerprint density at radius 3 is 2.50 bits per heavy atom. The molecule has 0 radical (unpaired) electrons. The minimum atomic E-state index is -0.868. The maximum atomic E-state index is 11.9. The Labute approximate surface area is 84.6 Å². The zero-order chi connectivity index (χ0) is 10.9. The predicted octanol–water partition coefficient (Wildman–Crippen LogP) is 1.64. The van der Waals surface area contributed by atoms with Gasteiger partial charge in [0.05, 0.1) is 0 Å². The first-order valence-electron chi connectivity index (χ1n) is 4.90. The number of hydrogen-bond acceptors (Lipinski definition) is 2. The topological polar surface area (TPSA) is 46.2 Å². The third kappa shape index (κ3) is 1.72. The maximum absolute atomic E-state index is 11.9. The van der Waals surface area contributed by atoms with Gasteiger partial charge in [-0.3, -0.25) is 9.59 Å². The second-order valence-corrected chi connectivity index (χ2v) is 4.56. The Bertz CT molecular complexity index is 304. The van der Waals surface area contributed by atoms with Crippen LogP contribution in [0, 0.1) is 11.3 Å². The summed E-state index contributed by atoms with van der Waals surface area (Å²) in [4.78, 5) is 23.5. The molecule has 0 saturated heterocycles. The van der Waals surface area contributed by atoms with Gasteiger partial charge in [-0.25, -0.2) is 0 Å². The number of carbonyl (C=O) groups excluding carboxylic acids is 2. The minimum absolute atomic E-state index is 0.0463. The van der Waals surface area contributed by atoms with Gasteiger partial charge in [0.1, 0.15) is 5.41 Å². The highest BCUT2D eigenvalue weighted by molar-refractivity contribution is 6.15. The third-order valence-electron chi connectivity index (χ3n) is 2.60. The minimum Gasteiger partial charge on any atom is -0.331 e. The van der Waals surface area contributed by atoms with Crippen molar-refractivity contribution in [2.24, 2.45) is 11.3 Å². The van der Waals surface area contributed by atoms with Crippen LogP contribution < -0.4 is 5.32 Å². The van der Waals surface area contributed by atoms with Gasteiger partial charge < -0.3 is 5.32 Å². The third-order valence-corrected chi connectivity index (χ3v) is 2.60. The molecule has 1 atom stereocenters. The molecule has 14 heavy (non-hydrogen) atoms. The smallest absolute Gasteiger partial charge is 0.237 e. The van der Waals surface area contributed by atoms with Crippen LogP contribution in [0.2, 0.25) is 0 Å². The van der Waals surface area contributed by atoms with Crippen molar-refractivity contribution in [2.75, 3.05) is 0 Å². The molecule has 1 N–H and O–H groups in total. The summed E-state index contributed by atoms with van der Waals surface area (Å²) in [6.45, 7) is 7.49. The highest BCUT2D eigenvalue weighted by Crippen LogP contribution is 2.32. The first-order chi connectivity index (χ1) is 6.38. The summed E-state index contributed by atoms with van der Waals surface area (Å²) in [5.74, 6) is 0.109. The zero-order valence-corrected chi connectivity index (χ0v) is 9.18. The van der Waals surface area contributed by atoms with Crippen molar-refractivity contribution in [1.82, 2.24) is 5.32 Å². The largest absolute Gasteiger partial charge is 0.331 e. The average molecular weight is 195 g/mol. The summed E-state index contributed by atoms with van der Waals surface area (Å²) in [5.41, 5.74) is -0.236. The van der Waals surface area contributed by atoms with Crippen molar-refractivity contribution in [3.05, 3.63) is 11.8 Å². The lowest BCUT2D eigenvalue weighted by molar-refractivity contribution is -0.140. The molecule has 0 spiro atoms. The van der Waals surface area contributed by atoms with E-state index in [-0.39, 0.29) is 11.7 Å². The molecular weight excluding hydrogens is 178 g/mol. The molecule has 1 unspecified atom stereocenters. The monoisotopic (exact) mass is 195 g/mol. The van der Waals surface area contributed by atoms with E-state index in [1.54, 1.807) is 13.8 Å². The SMILES string of the molecule is CC1=CNC(=O)C(C)(CC(C)C)C1=O. The van der Waals surface area contributed by atoms with Gasteiger partial charge in [0.15, 0.2) is 5.78 Å². The fourth-order valence-electron chi connectivity index (χ4n) is 1.94. The molecule has 3 nitrogen and oxygen atoms in total. The molecule has 1 aliphatic rings. The van der Waals surface area contributed by atoms with E-state index < -0.39 is 5.41 Å². The average Bonchev–Trinajstić information content (AvgIpc) is 2.08. The predicted molar refractivity (Wildman–Crippen MR) is 54.5 cm³/mol. The summed E-state index contributed by atoms with van der Waals surface area (Å²) < 4.78 is 0. The lowest BCUT2D eigenvalue weighted by atomic mass is 9.74. The van der Waals surface area contributed by atoms with E-state index in [0.29, 0.717) is 17.9 Å². The number of nitrogens with one attached hydrogen (secondary N) is 1. The Morgan fingerprint density at radius 1 is 1.43 bits per heavy atom. The van der Waals surface area contributed by atoms with Crippen LogP contribution in [0.15, 0.2) is 11.8 Å². The van der Waals surface area contributed by atoms with Crippen LogP contribution in [0.3, 0.4) is 0 Å². The second-order valence-electron chi connectivity index (χ2n) is 4.56. The van der Waals surface area contributed by atoms with E-state index in [4.69, 9.17) is 0 Å². The fourth-order valence-corrected chi connectivity index (χ4v) is 1.94. The van der Waals surface area contributed by atoms with Crippen LogP contribution in [-0.2, 0) is 9.59 Å². The Balaban J connectivity index is 3.01. The maximum Gasteiger partial charge on any atom is 0.237 e. The summed E-state index contributed by atoms with van der Waals surface area (Å²) in [5, 5.41) is 2.64. The van der Waals surface area contributed by atoms with Crippen LogP contribution in [0.25, 0.3) is 0 Å². The molecular formula is C11H17NO2. The van der Waals surface area contributed by atoms with Crippen molar-refractivity contribution in [3.8, 4) is 0 Å². The number of Topliss-reactive ketones (excluding diaryl/α,β-unsaturated/α-hetero) is 1. The van der Waals surface area contributed by atoms with Gasteiger partial charge in [0.25, 0.3) is 0 Å². The number of amides is 1. The van der Waals surface area contributed by atoms with Crippen LogP contribution >= 0.6 is 0 Å². The van der Waals surface area contributed by atoms with Crippen LogP contribution in [-0.4, -0.2) is 11.7 Å². The van der Waals surface area contributed by atoms with Crippen molar-refractivity contribution < 1.29 is 9.59 Å². The number of rotatable bonds is 2. The number of allylic oxidation sites excluding steroid dienone is 1. The molecule has 78 valence electrons. The number of carbonyl (C=O) groups is 2. The van der Waals surface area contributed by atoms with E-state index in [0.717, 1.165) is 0 Å². The standard InChI is InChI=1S/C11H17NO2/c1-7(2)5-11(4)9(13)8(3)6-12-10(11)14/h6-7H,5H2,1-4H3,(H,12,14). The number of hydrogen-bond donors (Lipinski definition) is 1. The summed E-state index contributed by atoms with van der Waals surface area (Å²) in [7, 11) is 0. The molecule has 1 aliphatic heterocycles. The molecule has 1 rings (SSSR count). The van der Waals surface area contributed by atoms with E-state index >= 15 is 0 Å². The van der Waals surface area contributed by atoms with Gasteiger partial charge in [0, 0.05) is 11.8 Å². The molecule has 0 aromatic rings. The normalized spacial score (nSPS) is 27.6. The summed E-state index contributed by atoms with van der Waals surface area (Å²) in [6, 6.07) is 0. The second kappa shape index (κ2) is 3.56. The Hall–Kier alpha value is -1.12. The molecule has 0 aromatic carbocycles. The summed E-state index contributed by atoms with van der Waals surface area (Å²) >= 11 is 0. The van der Waals surface area contributed by atoms with Gasteiger partial charge in [-0.05, 0) is 26.2 Å². The molecule has 3 heteroatoms. The zero-order valence-electron chi connectivity index (χ0n) is 9.18. The molecule has 1 heterocycles. The van der Waals surface area contributed by atoms with E-state index in [1.165, 1.54) is 6.20 Å². The Morgan fingerprint density at radius 2 is 2.00 bits per heavy atom. The highest BCUT2D eigenvalue weighted by atomic mass is 16.2. The molecule has 0 aliphatic carbocycles. The molecule has 0 fully saturated rings. The lowest BCUT2D eigenvalue weighted by Gasteiger charge is -2.31. The van der Waals surface area contributed by atoms with Crippen molar-refractivity contribution in [3.63, 3.8) is 0 Å². The quantitative estimate of drug-likeness (QED) is 0.681. The first-order valence-corrected chi connectivity index (χ1v) is 4.90. The van der Waals surface area contributed by atoms with Crippen molar-refractivity contribution in [2.45, 2.75) is 34.1 Å². The summed E-state index contributed by atoms with van der Waals surface area (Å²) in [6.07, 6.45) is 2.09. The van der Waals surface area contributed by atoms with Gasteiger partial charge in [-0.2, -0.15) is 0 Å². The fraction of sp³-hybridized carbons (Fsp3) is 0.636. The van der Waals surface area contributed by atoms with E-state index in [1.807, 2.05) is 13.8 Å². The molecule has 0 bridgehead atoms. The number of ketones is 1. The lowest BCUT2D eigenvalue weighted by Crippen LogP contribution is -2.47. The molecule has 1 amide bonds. The molecule has 0 aromatic heterocycles. The van der Waals surface area contributed by atoms with Gasteiger partial charge >= 0.3 is 0 Å². The Kier molecular flexibility index (Phi) is 2.79.